The van der Waals surface area contributed by atoms with Crippen molar-refractivity contribution in [1.82, 2.24) is 0 Å². The van der Waals surface area contributed by atoms with Gasteiger partial charge in [0.1, 0.15) is 0 Å². The molecule has 1 unspecified atom stereocenters. The molecule has 0 saturated carbocycles. The molecule has 2 N–H and O–H groups in total. The van der Waals surface area contributed by atoms with E-state index in [4.69, 9.17) is 11.0 Å². The summed E-state index contributed by atoms with van der Waals surface area (Å²) >= 11 is 0. The molecule has 0 radical (unpaired) electrons. The van der Waals surface area contributed by atoms with Crippen LogP contribution in [0.5, 0.6) is 0 Å². The van der Waals surface area contributed by atoms with Crippen LogP contribution in [-0.2, 0) is 0 Å². The zero-order chi connectivity index (χ0) is 7.40. The summed E-state index contributed by atoms with van der Waals surface area (Å²) in [6.07, 6.45) is 5.04. The molecule has 2 nitrogen and oxygen atoms in total. The zero-order valence-corrected chi connectivity index (χ0v) is 6.01. The second kappa shape index (κ2) is 3.38. The highest BCUT2D eigenvalue weighted by Gasteiger charge is 2.11. The summed E-state index contributed by atoms with van der Waals surface area (Å²) in [5, 5.41) is 8.50. The normalized spacial score (nSPS) is 25.2. The predicted octanol–water partition coefficient (Wildman–Crippen LogP) is 1.20. The molecule has 2 heteroatoms. The molecule has 0 aromatic carbocycles. The highest BCUT2D eigenvalue weighted by atomic mass is 14.5. The number of allylic oxidation sites excluding steroid dienone is 2. The van der Waals surface area contributed by atoms with Crippen molar-refractivity contribution in [2.24, 2.45) is 11.7 Å². The van der Waals surface area contributed by atoms with E-state index in [2.05, 4.69) is 6.07 Å². The lowest BCUT2D eigenvalue weighted by molar-refractivity contribution is 0.485. The van der Waals surface area contributed by atoms with E-state index in [1.807, 2.05) is 6.08 Å². The molecule has 0 aromatic heterocycles. The van der Waals surface area contributed by atoms with Gasteiger partial charge in [-0.05, 0) is 31.7 Å². The van der Waals surface area contributed by atoms with Gasteiger partial charge in [-0.25, -0.2) is 0 Å². The van der Waals surface area contributed by atoms with E-state index in [0.717, 1.165) is 31.4 Å². The first kappa shape index (κ1) is 7.30. The van der Waals surface area contributed by atoms with E-state index in [0.29, 0.717) is 5.92 Å². The number of hydrogen-bond acceptors (Lipinski definition) is 2. The molecule has 0 saturated heterocycles. The second-order valence-electron chi connectivity index (χ2n) is 2.72. The molecule has 0 aliphatic heterocycles. The van der Waals surface area contributed by atoms with E-state index in [9.17, 15) is 0 Å². The number of rotatable bonds is 1. The minimum absolute atomic E-state index is 0.622. The van der Waals surface area contributed by atoms with Crippen molar-refractivity contribution < 1.29 is 0 Å². The largest absolute Gasteiger partial charge is 0.330 e. The highest BCUT2D eigenvalue weighted by Crippen LogP contribution is 2.21. The van der Waals surface area contributed by atoms with Crippen molar-refractivity contribution in [3.05, 3.63) is 11.6 Å². The van der Waals surface area contributed by atoms with E-state index in [-0.39, 0.29) is 0 Å². The van der Waals surface area contributed by atoms with Crippen molar-refractivity contribution in [1.29, 1.82) is 5.26 Å². The van der Waals surface area contributed by atoms with E-state index >= 15 is 0 Å². The van der Waals surface area contributed by atoms with Crippen LogP contribution in [0.3, 0.4) is 0 Å². The molecule has 0 fully saturated rings. The maximum atomic E-state index is 8.50. The fraction of sp³-hybridized carbons (Fsp3) is 0.625. The molecule has 0 heterocycles. The van der Waals surface area contributed by atoms with Crippen LogP contribution < -0.4 is 5.73 Å². The quantitative estimate of drug-likeness (QED) is 0.588. The van der Waals surface area contributed by atoms with Gasteiger partial charge in [0.15, 0.2) is 0 Å². The fourth-order valence-electron chi connectivity index (χ4n) is 1.20. The highest BCUT2D eigenvalue weighted by molar-refractivity contribution is 5.22. The maximum absolute atomic E-state index is 8.50. The van der Waals surface area contributed by atoms with Gasteiger partial charge >= 0.3 is 0 Å². The van der Waals surface area contributed by atoms with Crippen LogP contribution in [0.4, 0.5) is 0 Å². The standard InChI is InChI=1S/C8H12N2/c9-5-7-1-2-8(6-10)4-3-7/h1,8H,2-4,6,10H2. The van der Waals surface area contributed by atoms with Gasteiger partial charge in [0.05, 0.1) is 6.07 Å². The summed E-state index contributed by atoms with van der Waals surface area (Å²) in [6, 6.07) is 2.17. The third kappa shape index (κ3) is 1.58. The van der Waals surface area contributed by atoms with Crippen LogP contribution >= 0.6 is 0 Å². The van der Waals surface area contributed by atoms with Gasteiger partial charge in [0, 0.05) is 5.57 Å². The van der Waals surface area contributed by atoms with Crippen LogP contribution in [0, 0.1) is 17.2 Å². The fourth-order valence-corrected chi connectivity index (χ4v) is 1.20. The Balaban J connectivity index is 2.46. The molecule has 0 bridgehead atoms. The van der Waals surface area contributed by atoms with Gasteiger partial charge in [-0.2, -0.15) is 5.26 Å². The van der Waals surface area contributed by atoms with E-state index in [1.165, 1.54) is 0 Å². The molecule has 0 amide bonds. The average molecular weight is 136 g/mol. The number of nitriles is 1. The molecule has 0 aromatic rings. The lowest BCUT2D eigenvalue weighted by Gasteiger charge is -2.16. The molecule has 1 atom stereocenters. The monoisotopic (exact) mass is 136 g/mol. The van der Waals surface area contributed by atoms with Crippen molar-refractivity contribution in [2.45, 2.75) is 19.3 Å². The minimum atomic E-state index is 0.622. The SMILES string of the molecule is N#CC1=CCC(CN)CC1. The first-order valence-electron chi connectivity index (χ1n) is 3.66. The van der Waals surface area contributed by atoms with Crippen molar-refractivity contribution >= 4 is 0 Å². The average Bonchev–Trinajstić information content (AvgIpc) is 2.05. The lowest BCUT2D eigenvalue weighted by Crippen LogP contribution is -2.16. The summed E-state index contributed by atoms with van der Waals surface area (Å²) in [6.45, 7) is 0.759. The van der Waals surface area contributed by atoms with Gasteiger partial charge in [0.25, 0.3) is 0 Å². The Kier molecular flexibility index (Phi) is 2.47. The number of nitrogens with two attached hydrogens (primary N) is 1. The maximum Gasteiger partial charge on any atom is 0.0943 e. The lowest BCUT2D eigenvalue weighted by atomic mass is 9.90. The first-order valence-corrected chi connectivity index (χ1v) is 3.66. The predicted molar refractivity (Wildman–Crippen MR) is 40.1 cm³/mol. The van der Waals surface area contributed by atoms with Crippen LogP contribution in [0.25, 0.3) is 0 Å². The molecular formula is C8H12N2. The van der Waals surface area contributed by atoms with Gasteiger partial charge < -0.3 is 5.73 Å². The van der Waals surface area contributed by atoms with Gasteiger partial charge in [0.2, 0.25) is 0 Å². The Hall–Kier alpha value is -0.810. The summed E-state index contributed by atoms with van der Waals surface area (Å²) in [7, 11) is 0. The van der Waals surface area contributed by atoms with Crippen LogP contribution in [0.15, 0.2) is 11.6 Å². The van der Waals surface area contributed by atoms with Crippen molar-refractivity contribution in [3.63, 3.8) is 0 Å². The summed E-state index contributed by atoms with van der Waals surface area (Å²) in [5.41, 5.74) is 6.41. The van der Waals surface area contributed by atoms with Crippen LogP contribution in [-0.4, -0.2) is 6.54 Å². The third-order valence-corrected chi connectivity index (χ3v) is 2.00. The molecule has 10 heavy (non-hydrogen) atoms. The van der Waals surface area contributed by atoms with Gasteiger partial charge in [-0.3, -0.25) is 0 Å². The van der Waals surface area contributed by atoms with Gasteiger partial charge in [-0.15, -0.1) is 0 Å². The Labute approximate surface area is 61.3 Å². The molecular weight excluding hydrogens is 124 g/mol. The first-order chi connectivity index (χ1) is 4.86. The molecule has 0 spiro atoms. The summed E-state index contributed by atoms with van der Waals surface area (Å²) in [4.78, 5) is 0. The number of nitrogens with zero attached hydrogens (tertiary/aromatic N) is 1. The summed E-state index contributed by atoms with van der Waals surface area (Å²) < 4.78 is 0. The molecule has 54 valence electrons. The third-order valence-electron chi connectivity index (χ3n) is 2.00. The van der Waals surface area contributed by atoms with E-state index in [1.54, 1.807) is 0 Å². The van der Waals surface area contributed by atoms with E-state index < -0.39 is 0 Å². The minimum Gasteiger partial charge on any atom is -0.330 e. The molecule has 1 rings (SSSR count). The topological polar surface area (TPSA) is 49.8 Å². The van der Waals surface area contributed by atoms with Crippen LogP contribution in [0.2, 0.25) is 0 Å². The van der Waals surface area contributed by atoms with Crippen molar-refractivity contribution in [2.75, 3.05) is 6.54 Å². The molecule has 1 aliphatic carbocycles. The smallest absolute Gasteiger partial charge is 0.0943 e. The Morgan fingerprint density at radius 1 is 1.80 bits per heavy atom. The number of hydrogen-bond donors (Lipinski definition) is 1. The Morgan fingerprint density at radius 3 is 3.00 bits per heavy atom. The molecule has 1 aliphatic rings. The van der Waals surface area contributed by atoms with Gasteiger partial charge in [-0.1, -0.05) is 6.08 Å². The van der Waals surface area contributed by atoms with Crippen LogP contribution in [0.1, 0.15) is 19.3 Å². The summed E-state index contributed by atoms with van der Waals surface area (Å²) in [5.74, 6) is 0.622. The second-order valence-corrected chi connectivity index (χ2v) is 2.72. The Morgan fingerprint density at radius 2 is 2.60 bits per heavy atom. The zero-order valence-electron chi connectivity index (χ0n) is 6.01. The Bertz CT molecular complexity index is 176. The van der Waals surface area contributed by atoms with Crippen molar-refractivity contribution in [3.8, 4) is 6.07 Å².